The molecule has 0 saturated heterocycles. The minimum absolute atomic E-state index is 0.0446. The molecule has 0 spiro atoms. The molecule has 2 amide bonds. The summed E-state index contributed by atoms with van der Waals surface area (Å²) in [7, 11) is 3.56. The highest BCUT2D eigenvalue weighted by Gasteiger charge is 2.34. The van der Waals surface area contributed by atoms with E-state index in [1.54, 1.807) is 43.3 Å². The molecule has 0 aliphatic carbocycles. The molecule has 1 aliphatic heterocycles. The molecule has 0 radical (unpaired) electrons. The van der Waals surface area contributed by atoms with Crippen LogP contribution in [0.4, 0.5) is 30.4 Å². The first-order chi connectivity index (χ1) is 17.1. The van der Waals surface area contributed by atoms with Gasteiger partial charge in [0.05, 0.1) is 11.1 Å². The Morgan fingerprint density at radius 2 is 1.97 bits per heavy atom. The van der Waals surface area contributed by atoms with E-state index < -0.39 is 17.6 Å². The molecule has 0 bridgehead atoms. The Morgan fingerprint density at radius 3 is 2.72 bits per heavy atom. The van der Waals surface area contributed by atoms with Crippen LogP contribution in [0.1, 0.15) is 31.8 Å². The van der Waals surface area contributed by atoms with E-state index >= 15 is 0 Å². The standard InChI is InChI=1S/C25H24F3N5O3/c1-33(2)11-12-36-21-13-15(8-9-19(21)25(26,27)28)31-24(35)17-6-4-10-29-22(17)32-20-7-3-5-16-18(20)14-30-23(16)34/h3-10,13H,11-12,14H2,1-2H3,(H,29,32)(H,30,34)(H,31,35). The van der Waals surface area contributed by atoms with Gasteiger partial charge in [0.1, 0.15) is 18.2 Å². The Bertz CT molecular complexity index is 1290. The van der Waals surface area contributed by atoms with Crippen LogP contribution in [0.3, 0.4) is 0 Å². The lowest BCUT2D eigenvalue weighted by Crippen LogP contribution is -2.20. The van der Waals surface area contributed by atoms with E-state index in [4.69, 9.17) is 4.74 Å². The molecule has 3 aromatic rings. The maximum Gasteiger partial charge on any atom is 0.419 e. The molecule has 1 aromatic heterocycles. The van der Waals surface area contributed by atoms with E-state index in [0.717, 1.165) is 17.7 Å². The molecular weight excluding hydrogens is 475 g/mol. The number of carbonyl (C=O) groups is 2. The van der Waals surface area contributed by atoms with Crippen LogP contribution in [0, 0.1) is 0 Å². The molecular formula is C25H24F3N5O3. The molecule has 2 heterocycles. The average Bonchev–Trinajstić information content (AvgIpc) is 3.20. The van der Waals surface area contributed by atoms with Crippen molar-refractivity contribution in [3.8, 4) is 5.75 Å². The fraction of sp³-hybridized carbons (Fsp3) is 0.240. The molecule has 0 atom stereocenters. The average molecular weight is 499 g/mol. The second-order valence-corrected chi connectivity index (χ2v) is 8.35. The number of alkyl halides is 3. The summed E-state index contributed by atoms with van der Waals surface area (Å²) in [5.41, 5.74) is 1.28. The fourth-order valence-electron chi connectivity index (χ4n) is 3.68. The minimum Gasteiger partial charge on any atom is -0.492 e. The second kappa shape index (κ2) is 10.2. The highest BCUT2D eigenvalue weighted by Crippen LogP contribution is 2.38. The van der Waals surface area contributed by atoms with Crippen molar-refractivity contribution in [2.45, 2.75) is 12.7 Å². The summed E-state index contributed by atoms with van der Waals surface area (Å²) in [5.74, 6) is -0.897. The number of halogens is 3. The van der Waals surface area contributed by atoms with E-state index in [1.165, 1.54) is 18.3 Å². The number of hydrogen-bond acceptors (Lipinski definition) is 6. The quantitative estimate of drug-likeness (QED) is 0.428. The molecule has 1 aliphatic rings. The van der Waals surface area contributed by atoms with Crippen LogP contribution in [0.5, 0.6) is 5.75 Å². The van der Waals surface area contributed by atoms with E-state index in [-0.39, 0.29) is 35.3 Å². The number of likely N-dealkylation sites (N-methyl/N-ethyl adjacent to an activating group) is 1. The summed E-state index contributed by atoms with van der Waals surface area (Å²) in [6.07, 6.45) is -3.11. The summed E-state index contributed by atoms with van der Waals surface area (Å²) >= 11 is 0. The number of fused-ring (bicyclic) bond motifs is 1. The first kappa shape index (κ1) is 25.0. The summed E-state index contributed by atoms with van der Waals surface area (Å²) in [5, 5.41) is 8.46. The van der Waals surface area contributed by atoms with Gasteiger partial charge in [-0.2, -0.15) is 13.2 Å². The Morgan fingerprint density at radius 1 is 1.17 bits per heavy atom. The summed E-state index contributed by atoms with van der Waals surface area (Å²) in [6, 6.07) is 11.5. The number of nitrogens with one attached hydrogen (secondary N) is 3. The predicted octanol–water partition coefficient (Wildman–Crippen LogP) is 4.28. The van der Waals surface area contributed by atoms with Crippen LogP contribution in [0.25, 0.3) is 0 Å². The summed E-state index contributed by atoms with van der Waals surface area (Å²) in [4.78, 5) is 31.1. The summed E-state index contributed by atoms with van der Waals surface area (Å²) in [6.45, 7) is 0.805. The Kier molecular flexibility index (Phi) is 7.11. The van der Waals surface area contributed by atoms with Crippen molar-refractivity contribution in [2.75, 3.05) is 37.9 Å². The van der Waals surface area contributed by atoms with Gasteiger partial charge in [0, 0.05) is 47.9 Å². The SMILES string of the molecule is CN(C)CCOc1cc(NC(=O)c2cccnc2Nc2cccc3c2CNC3=O)ccc1C(F)(F)F. The largest absolute Gasteiger partial charge is 0.492 e. The molecule has 2 aromatic carbocycles. The second-order valence-electron chi connectivity index (χ2n) is 8.35. The maximum absolute atomic E-state index is 13.5. The third kappa shape index (κ3) is 5.57. The topological polar surface area (TPSA) is 95.6 Å². The molecule has 0 saturated carbocycles. The summed E-state index contributed by atoms with van der Waals surface area (Å²) < 4.78 is 45.7. The number of rotatable bonds is 8. The maximum atomic E-state index is 13.5. The van der Waals surface area contributed by atoms with Crippen molar-refractivity contribution in [2.24, 2.45) is 0 Å². The van der Waals surface area contributed by atoms with Gasteiger partial charge in [0.15, 0.2) is 0 Å². The third-order valence-corrected chi connectivity index (χ3v) is 5.49. The van der Waals surface area contributed by atoms with Gasteiger partial charge in [-0.15, -0.1) is 0 Å². The van der Waals surface area contributed by atoms with Crippen LogP contribution >= 0.6 is 0 Å². The zero-order valence-electron chi connectivity index (χ0n) is 19.6. The van der Waals surface area contributed by atoms with Crippen LogP contribution < -0.4 is 20.7 Å². The van der Waals surface area contributed by atoms with Crippen molar-refractivity contribution in [3.05, 3.63) is 77.0 Å². The Balaban J connectivity index is 1.57. The predicted molar refractivity (Wildman–Crippen MR) is 129 cm³/mol. The molecule has 8 nitrogen and oxygen atoms in total. The lowest BCUT2D eigenvalue weighted by molar-refractivity contribution is -0.138. The van der Waals surface area contributed by atoms with E-state index in [9.17, 15) is 22.8 Å². The van der Waals surface area contributed by atoms with Crippen molar-refractivity contribution in [3.63, 3.8) is 0 Å². The molecule has 3 N–H and O–H groups in total. The number of hydrogen-bond donors (Lipinski definition) is 3. The normalized spacial score (nSPS) is 12.8. The van der Waals surface area contributed by atoms with E-state index in [1.807, 2.05) is 0 Å². The zero-order chi connectivity index (χ0) is 25.9. The van der Waals surface area contributed by atoms with Crippen LogP contribution in [0.15, 0.2) is 54.7 Å². The number of aromatic nitrogens is 1. The molecule has 4 rings (SSSR count). The molecule has 11 heteroatoms. The molecule has 36 heavy (non-hydrogen) atoms. The number of anilines is 3. The van der Waals surface area contributed by atoms with Crippen LogP contribution in [0.2, 0.25) is 0 Å². The monoisotopic (exact) mass is 499 g/mol. The number of nitrogens with zero attached hydrogens (tertiary/aromatic N) is 2. The molecule has 188 valence electrons. The van der Waals surface area contributed by atoms with Crippen LogP contribution in [-0.2, 0) is 12.7 Å². The van der Waals surface area contributed by atoms with Crippen molar-refractivity contribution < 1.29 is 27.5 Å². The lowest BCUT2D eigenvalue weighted by Gasteiger charge is -2.17. The Hall–Kier alpha value is -4.12. The lowest BCUT2D eigenvalue weighted by atomic mass is 10.1. The number of amides is 2. The van der Waals surface area contributed by atoms with Gasteiger partial charge in [-0.05, 0) is 50.5 Å². The first-order valence-corrected chi connectivity index (χ1v) is 11.1. The van der Waals surface area contributed by atoms with Gasteiger partial charge >= 0.3 is 6.18 Å². The van der Waals surface area contributed by atoms with Gasteiger partial charge in [-0.1, -0.05) is 6.07 Å². The fourth-order valence-corrected chi connectivity index (χ4v) is 3.68. The van der Waals surface area contributed by atoms with Crippen LogP contribution in [-0.4, -0.2) is 48.9 Å². The van der Waals surface area contributed by atoms with Gasteiger partial charge in [-0.25, -0.2) is 4.98 Å². The minimum atomic E-state index is -4.61. The van der Waals surface area contributed by atoms with Gasteiger partial charge in [-0.3, -0.25) is 9.59 Å². The third-order valence-electron chi connectivity index (χ3n) is 5.49. The van der Waals surface area contributed by atoms with Crippen molar-refractivity contribution in [1.82, 2.24) is 15.2 Å². The Labute approximate surface area is 205 Å². The number of carbonyl (C=O) groups excluding carboxylic acids is 2. The number of benzene rings is 2. The zero-order valence-corrected chi connectivity index (χ0v) is 19.6. The molecule has 0 fully saturated rings. The van der Waals surface area contributed by atoms with Crippen molar-refractivity contribution >= 4 is 29.0 Å². The van der Waals surface area contributed by atoms with Gasteiger partial charge in [0.25, 0.3) is 11.8 Å². The molecule has 0 unspecified atom stereocenters. The van der Waals surface area contributed by atoms with Gasteiger partial charge < -0.3 is 25.6 Å². The number of pyridine rings is 1. The number of ether oxygens (including phenoxy) is 1. The highest BCUT2D eigenvalue weighted by molar-refractivity contribution is 6.08. The van der Waals surface area contributed by atoms with Gasteiger partial charge in [0.2, 0.25) is 0 Å². The van der Waals surface area contributed by atoms with E-state index in [2.05, 4.69) is 20.9 Å². The smallest absolute Gasteiger partial charge is 0.419 e. The first-order valence-electron chi connectivity index (χ1n) is 11.1. The van der Waals surface area contributed by atoms with Crippen molar-refractivity contribution in [1.29, 1.82) is 0 Å². The van der Waals surface area contributed by atoms with E-state index in [0.29, 0.717) is 24.3 Å². The highest BCUT2D eigenvalue weighted by atomic mass is 19.4.